The van der Waals surface area contributed by atoms with E-state index in [1.54, 1.807) is 6.07 Å². The Morgan fingerprint density at radius 2 is 2.21 bits per heavy atom. The predicted octanol–water partition coefficient (Wildman–Crippen LogP) is 2.98. The molecule has 0 aromatic carbocycles. The lowest BCUT2D eigenvalue weighted by molar-refractivity contribution is -0.00223. The van der Waals surface area contributed by atoms with Crippen LogP contribution < -0.4 is 5.32 Å². The molecule has 2 unspecified atom stereocenters. The molecular formula is C14H16ClN3O. The highest BCUT2D eigenvalue weighted by Gasteiger charge is 2.35. The summed E-state index contributed by atoms with van der Waals surface area (Å²) in [6.07, 6.45) is 5.00. The number of halogens is 1. The van der Waals surface area contributed by atoms with Gasteiger partial charge in [-0.05, 0) is 43.7 Å². The molecule has 100 valence electrons. The molecule has 1 N–H and O–H groups in total. The van der Waals surface area contributed by atoms with Crippen LogP contribution >= 0.6 is 11.6 Å². The number of nitriles is 1. The van der Waals surface area contributed by atoms with E-state index in [-0.39, 0.29) is 5.69 Å². The van der Waals surface area contributed by atoms with Crippen molar-refractivity contribution < 1.29 is 4.74 Å². The molecule has 19 heavy (non-hydrogen) atoms. The van der Waals surface area contributed by atoms with Crippen LogP contribution in [0.25, 0.3) is 0 Å². The van der Waals surface area contributed by atoms with Crippen molar-refractivity contribution >= 4 is 17.4 Å². The molecule has 2 heterocycles. The van der Waals surface area contributed by atoms with Crippen molar-refractivity contribution in [1.29, 1.82) is 5.26 Å². The summed E-state index contributed by atoms with van der Waals surface area (Å²) >= 11 is 5.88. The Labute approximate surface area is 117 Å². The number of anilines is 1. The first-order valence-corrected chi connectivity index (χ1v) is 7.09. The Kier molecular flexibility index (Phi) is 3.58. The molecule has 0 amide bonds. The van der Waals surface area contributed by atoms with E-state index in [1.165, 1.54) is 12.8 Å². The van der Waals surface area contributed by atoms with Crippen LogP contribution in [-0.2, 0) is 4.74 Å². The van der Waals surface area contributed by atoms with E-state index >= 15 is 0 Å². The second-order valence-corrected chi connectivity index (χ2v) is 5.66. The standard InChI is InChI=1S/C14H16ClN3O/c15-11-3-4-14(18-12(11)8-16)17-10-5-6-19-13(7-10)9-1-2-9/h3-4,9-10,13H,1-2,5-7H2,(H,17,18). The minimum Gasteiger partial charge on any atom is -0.378 e. The Bertz CT molecular complexity index is 510. The zero-order valence-electron chi connectivity index (χ0n) is 10.6. The zero-order valence-corrected chi connectivity index (χ0v) is 11.4. The lowest BCUT2D eigenvalue weighted by Crippen LogP contribution is -2.35. The lowest BCUT2D eigenvalue weighted by atomic mass is 10.00. The molecule has 1 saturated heterocycles. The van der Waals surface area contributed by atoms with Crippen molar-refractivity contribution in [3.8, 4) is 6.07 Å². The van der Waals surface area contributed by atoms with Crippen LogP contribution in [-0.4, -0.2) is 23.7 Å². The quantitative estimate of drug-likeness (QED) is 0.923. The molecule has 1 aliphatic heterocycles. The van der Waals surface area contributed by atoms with Gasteiger partial charge in [0.15, 0.2) is 5.69 Å². The molecule has 1 saturated carbocycles. The minimum atomic E-state index is 0.275. The summed E-state index contributed by atoms with van der Waals surface area (Å²) in [5.41, 5.74) is 0.275. The van der Waals surface area contributed by atoms with E-state index < -0.39 is 0 Å². The van der Waals surface area contributed by atoms with E-state index in [9.17, 15) is 0 Å². The summed E-state index contributed by atoms with van der Waals surface area (Å²) in [6.45, 7) is 0.803. The molecule has 2 aliphatic rings. The maximum absolute atomic E-state index is 8.93. The van der Waals surface area contributed by atoms with Crippen molar-refractivity contribution in [2.75, 3.05) is 11.9 Å². The average Bonchev–Trinajstić information content (AvgIpc) is 3.26. The van der Waals surface area contributed by atoms with Gasteiger partial charge in [0, 0.05) is 12.6 Å². The van der Waals surface area contributed by atoms with Crippen LogP contribution in [0, 0.1) is 17.2 Å². The van der Waals surface area contributed by atoms with Crippen LogP contribution in [0.2, 0.25) is 5.02 Å². The van der Waals surface area contributed by atoms with Crippen molar-refractivity contribution in [2.45, 2.75) is 37.8 Å². The van der Waals surface area contributed by atoms with Crippen molar-refractivity contribution in [2.24, 2.45) is 5.92 Å². The summed E-state index contributed by atoms with van der Waals surface area (Å²) in [4.78, 5) is 4.23. The summed E-state index contributed by atoms with van der Waals surface area (Å²) < 4.78 is 5.80. The topological polar surface area (TPSA) is 57.9 Å². The first-order valence-electron chi connectivity index (χ1n) is 6.71. The van der Waals surface area contributed by atoms with Gasteiger partial charge in [-0.15, -0.1) is 0 Å². The highest BCUT2D eigenvalue weighted by atomic mass is 35.5. The van der Waals surface area contributed by atoms with Gasteiger partial charge in [0.2, 0.25) is 0 Å². The van der Waals surface area contributed by atoms with Gasteiger partial charge in [0.05, 0.1) is 11.1 Å². The molecule has 5 heteroatoms. The Balaban J connectivity index is 1.65. The monoisotopic (exact) mass is 277 g/mol. The summed E-state index contributed by atoms with van der Waals surface area (Å²) in [5, 5.41) is 12.7. The third kappa shape index (κ3) is 2.99. The number of hydrogen-bond acceptors (Lipinski definition) is 4. The molecule has 0 spiro atoms. The van der Waals surface area contributed by atoms with Crippen LogP contribution in [0.1, 0.15) is 31.4 Å². The fourth-order valence-corrected chi connectivity index (χ4v) is 2.71. The molecule has 1 aliphatic carbocycles. The Morgan fingerprint density at radius 3 is 2.95 bits per heavy atom. The van der Waals surface area contributed by atoms with Crippen molar-refractivity contribution in [3.63, 3.8) is 0 Å². The molecule has 2 atom stereocenters. The highest BCUT2D eigenvalue weighted by Crippen LogP contribution is 2.38. The van der Waals surface area contributed by atoms with Crippen LogP contribution in [0.15, 0.2) is 12.1 Å². The number of rotatable bonds is 3. The molecule has 1 aromatic heterocycles. The van der Waals surface area contributed by atoms with Crippen molar-refractivity contribution in [1.82, 2.24) is 4.98 Å². The van der Waals surface area contributed by atoms with Crippen LogP contribution in [0.3, 0.4) is 0 Å². The minimum absolute atomic E-state index is 0.275. The number of pyridine rings is 1. The molecular weight excluding hydrogens is 262 g/mol. The normalized spacial score (nSPS) is 26.7. The smallest absolute Gasteiger partial charge is 0.161 e. The highest BCUT2D eigenvalue weighted by molar-refractivity contribution is 6.31. The first kappa shape index (κ1) is 12.7. The summed E-state index contributed by atoms with van der Waals surface area (Å²) in [7, 11) is 0. The number of aromatic nitrogens is 1. The van der Waals surface area contributed by atoms with Gasteiger partial charge in [-0.2, -0.15) is 5.26 Å². The van der Waals surface area contributed by atoms with Gasteiger partial charge in [0.25, 0.3) is 0 Å². The fraction of sp³-hybridized carbons (Fsp3) is 0.571. The zero-order chi connectivity index (χ0) is 13.2. The predicted molar refractivity (Wildman–Crippen MR) is 73.1 cm³/mol. The molecule has 0 radical (unpaired) electrons. The third-order valence-corrected chi connectivity index (χ3v) is 4.07. The largest absolute Gasteiger partial charge is 0.378 e. The fourth-order valence-electron chi connectivity index (χ4n) is 2.57. The van der Waals surface area contributed by atoms with Gasteiger partial charge in [-0.1, -0.05) is 11.6 Å². The summed E-state index contributed by atoms with van der Waals surface area (Å²) in [5.74, 6) is 1.49. The number of nitrogens with zero attached hydrogens (tertiary/aromatic N) is 2. The van der Waals surface area contributed by atoms with E-state index in [2.05, 4.69) is 10.3 Å². The Morgan fingerprint density at radius 1 is 1.37 bits per heavy atom. The molecule has 3 rings (SSSR count). The van der Waals surface area contributed by atoms with E-state index in [0.29, 0.717) is 17.2 Å². The van der Waals surface area contributed by atoms with E-state index in [0.717, 1.165) is 31.2 Å². The maximum atomic E-state index is 8.93. The molecule has 0 bridgehead atoms. The van der Waals surface area contributed by atoms with Gasteiger partial charge in [0.1, 0.15) is 11.9 Å². The van der Waals surface area contributed by atoms with Crippen molar-refractivity contribution in [3.05, 3.63) is 22.8 Å². The van der Waals surface area contributed by atoms with Gasteiger partial charge < -0.3 is 10.1 Å². The number of ether oxygens (including phenoxy) is 1. The average molecular weight is 278 g/mol. The van der Waals surface area contributed by atoms with Gasteiger partial charge in [-0.3, -0.25) is 0 Å². The van der Waals surface area contributed by atoms with Gasteiger partial charge in [-0.25, -0.2) is 4.98 Å². The second-order valence-electron chi connectivity index (χ2n) is 5.25. The lowest BCUT2D eigenvalue weighted by Gasteiger charge is -2.30. The van der Waals surface area contributed by atoms with Crippen LogP contribution in [0.5, 0.6) is 0 Å². The van der Waals surface area contributed by atoms with Crippen LogP contribution in [0.4, 0.5) is 5.82 Å². The molecule has 1 aromatic rings. The Hall–Kier alpha value is -1.31. The number of nitrogens with one attached hydrogen (secondary N) is 1. The summed E-state index contributed by atoms with van der Waals surface area (Å²) in [6, 6.07) is 5.92. The SMILES string of the molecule is N#Cc1nc(NC2CCOC(C3CC3)C2)ccc1Cl. The van der Waals surface area contributed by atoms with Gasteiger partial charge >= 0.3 is 0 Å². The van der Waals surface area contributed by atoms with E-state index in [1.807, 2.05) is 12.1 Å². The molecule has 4 nitrogen and oxygen atoms in total. The third-order valence-electron chi connectivity index (χ3n) is 3.77. The number of hydrogen-bond donors (Lipinski definition) is 1. The first-order chi connectivity index (χ1) is 9.26. The molecule has 2 fully saturated rings. The second kappa shape index (κ2) is 5.36. The van der Waals surface area contributed by atoms with E-state index in [4.69, 9.17) is 21.6 Å². The maximum Gasteiger partial charge on any atom is 0.161 e.